The van der Waals surface area contributed by atoms with Gasteiger partial charge in [0.15, 0.2) is 0 Å². The lowest BCUT2D eigenvalue weighted by atomic mass is 9.58. The summed E-state index contributed by atoms with van der Waals surface area (Å²) in [5, 5.41) is 0. The highest BCUT2D eigenvalue weighted by Crippen LogP contribution is 2.52. The summed E-state index contributed by atoms with van der Waals surface area (Å²) >= 11 is 0. The average molecular weight is 471 g/mol. The van der Waals surface area contributed by atoms with Crippen LogP contribution in [0.5, 0.6) is 11.5 Å². The van der Waals surface area contributed by atoms with Crippen molar-refractivity contribution in [2.45, 2.75) is 11.3 Å². The molecule has 36 heavy (non-hydrogen) atoms. The molecule has 2 heteroatoms. The number of hydrogen-bond donors (Lipinski definition) is 0. The summed E-state index contributed by atoms with van der Waals surface area (Å²) in [5.41, 5.74) is 5.62. The van der Waals surface area contributed by atoms with Crippen molar-refractivity contribution in [1.82, 2.24) is 0 Å². The van der Waals surface area contributed by atoms with Crippen LogP contribution < -0.4 is 9.47 Å². The van der Waals surface area contributed by atoms with E-state index in [1.807, 2.05) is 0 Å². The molecule has 178 valence electrons. The molecule has 0 saturated carbocycles. The van der Waals surface area contributed by atoms with E-state index >= 15 is 0 Å². The van der Waals surface area contributed by atoms with Crippen LogP contribution >= 0.6 is 0 Å². The van der Waals surface area contributed by atoms with Crippen molar-refractivity contribution < 1.29 is 9.47 Å². The van der Waals surface area contributed by atoms with E-state index in [0.29, 0.717) is 0 Å². The Labute approximate surface area is 213 Å². The second-order valence-corrected chi connectivity index (χ2v) is 8.89. The lowest BCUT2D eigenvalue weighted by molar-refractivity contribution is 0.414. The van der Waals surface area contributed by atoms with E-state index < -0.39 is 5.41 Å². The summed E-state index contributed by atoms with van der Waals surface area (Å²) in [6.07, 6.45) is 0. The topological polar surface area (TPSA) is 18.5 Å². The third-order valence-electron chi connectivity index (χ3n) is 7.02. The second-order valence-electron chi connectivity index (χ2n) is 8.89. The Morgan fingerprint density at radius 1 is 0.417 bits per heavy atom. The molecular weight excluding hydrogens is 440 g/mol. The number of benzene rings is 5. The van der Waals surface area contributed by atoms with Gasteiger partial charge in [0.25, 0.3) is 0 Å². The molecule has 0 aliphatic rings. The standard InChI is InChI=1S/C34H30O2/c1-35-31-22-18-26(19-23-31)33(27-20-24-32(36-2)25-21-27)34(28-12-6-3-7-13-28,29-14-8-4-9-15-29)30-16-10-5-11-17-30/h3-25,33H,1-2H3. The first-order valence-corrected chi connectivity index (χ1v) is 12.2. The van der Waals surface area contributed by atoms with Crippen molar-refractivity contribution in [1.29, 1.82) is 0 Å². The van der Waals surface area contributed by atoms with Crippen LogP contribution in [0.2, 0.25) is 0 Å². The van der Waals surface area contributed by atoms with Gasteiger partial charge >= 0.3 is 0 Å². The van der Waals surface area contributed by atoms with Crippen LogP contribution in [-0.4, -0.2) is 14.2 Å². The fourth-order valence-electron chi connectivity index (χ4n) is 5.39. The summed E-state index contributed by atoms with van der Waals surface area (Å²) in [5.74, 6) is 1.66. The molecular formula is C34H30O2. The largest absolute Gasteiger partial charge is 0.497 e. The maximum atomic E-state index is 5.51. The Hall–Kier alpha value is -4.30. The van der Waals surface area contributed by atoms with Crippen LogP contribution in [0.4, 0.5) is 0 Å². The van der Waals surface area contributed by atoms with Crippen molar-refractivity contribution in [3.8, 4) is 11.5 Å². The molecule has 5 rings (SSSR count). The third-order valence-corrected chi connectivity index (χ3v) is 7.02. The molecule has 0 amide bonds. The SMILES string of the molecule is COc1ccc(C(c2ccc(OC)cc2)C(c2ccccc2)(c2ccccc2)c2ccccc2)cc1. The second kappa shape index (κ2) is 10.5. The summed E-state index contributed by atoms with van der Waals surface area (Å²) in [4.78, 5) is 0. The molecule has 0 saturated heterocycles. The van der Waals surface area contributed by atoms with Gasteiger partial charge in [0.2, 0.25) is 0 Å². The van der Waals surface area contributed by atoms with Crippen molar-refractivity contribution in [2.75, 3.05) is 14.2 Å². The van der Waals surface area contributed by atoms with Crippen molar-refractivity contribution in [3.05, 3.63) is 167 Å². The first-order chi connectivity index (χ1) is 17.8. The smallest absolute Gasteiger partial charge is 0.118 e. The predicted molar refractivity (Wildman–Crippen MR) is 147 cm³/mol. The number of methoxy groups -OCH3 is 2. The van der Waals surface area contributed by atoms with Crippen LogP contribution in [0, 0.1) is 0 Å². The van der Waals surface area contributed by atoms with Crippen LogP contribution in [0.25, 0.3) is 0 Å². The zero-order chi connectivity index (χ0) is 24.8. The first kappa shape index (κ1) is 23.4. The molecule has 0 N–H and O–H groups in total. The minimum absolute atomic E-state index is 0.0264. The molecule has 0 aliphatic heterocycles. The summed E-state index contributed by atoms with van der Waals surface area (Å²) in [7, 11) is 3.41. The molecule has 0 unspecified atom stereocenters. The van der Waals surface area contributed by atoms with Gasteiger partial charge in [-0.25, -0.2) is 0 Å². The molecule has 0 spiro atoms. The highest BCUT2D eigenvalue weighted by Gasteiger charge is 2.45. The minimum atomic E-state index is -0.493. The molecule has 2 nitrogen and oxygen atoms in total. The molecule has 5 aromatic carbocycles. The van der Waals surface area contributed by atoms with E-state index in [1.165, 1.54) is 27.8 Å². The van der Waals surface area contributed by atoms with E-state index in [1.54, 1.807) is 14.2 Å². The number of hydrogen-bond acceptors (Lipinski definition) is 2. The quantitative estimate of drug-likeness (QED) is 0.215. The molecule has 0 aliphatic carbocycles. The van der Waals surface area contributed by atoms with E-state index in [2.05, 4.69) is 140 Å². The van der Waals surface area contributed by atoms with Gasteiger partial charge < -0.3 is 9.47 Å². The zero-order valence-corrected chi connectivity index (χ0v) is 20.7. The van der Waals surface area contributed by atoms with E-state index in [0.717, 1.165) is 11.5 Å². The van der Waals surface area contributed by atoms with Crippen LogP contribution in [0.1, 0.15) is 33.7 Å². The van der Waals surface area contributed by atoms with Gasteiger partial charge in [-0.2, -0.15) is 0 Å². The third kappa shape index (κ3) is 4.27. The van der Waals surface area contributed by atoms with Crippen molar-refractivity contribution >= 4 is 0 Å². The normalized spacial score (nSPS) is 11.3. The first-order valence-electron chi connectivity index (χ1n) is 12.2. The molecule has 0 aromatic heterocycles. The van der Waals surface area contributed by atoms with Gasteiger partial charge in [0.1, 0.15) is 11.5 Å². The summed E-state index contributed by atoms with van der Waals surface area (Å²) in [6.45, 7) is 0. The number of rotatable bonds is 8. The van der Waals surface area contributed by atoms with Crippen LogP contribution in [0.3, 0.4) is 0 Å². The van der Waals surface area contributed by atoms with Gasteiger partial charge in [-0.3, -0.25) is 0 Å². The van der Waals surface area contributed by atoms with Crippen LogP contribution in [-0.2, 0) is 5.41 Å². The fraction of sp³-hybridized carbons (Fsp3) is 0.118. The Bertz CT molecular complexity index is 1220. The maximum Gasteiger partial charge on any atom is 0.118 e. The fourth-order valence-corrected chi connectivity index (χ4v) is 5.39. The van der Waals surface area contributed by atoms with Gasteiger partial charge in [-0.1, -0.05) is 115 Å². The maximum absolute atomic E-state index is 5.51. The van der Waals surface area contributed by atoms with Gasteiger partial charge in [0.05, 0.1) is 19.6 Å². The minimum Gasteiger partial charge on any atom is -0.497 e. The van der Waals surface area contributed by atoms with Crippen LogP contribution in [0.15, 0.2) is 140 Å². The molecule has 0 heterocycles. The predicted octanol–water partition coefficient (Wildman–Crippen LogP) is 7.87. The lowest BCUT2D eigenvalue weighted by Crippen LogP contribution is -2.37. The molecule has 0 radical (unpaired) electrons. The van der Waals surface area contributed by atoms with Gasteiger partial charge in [-0.15, -0.1) is 0 Å². The molecule has 0 fully saturated rings. The summed E-state index contributed by atoms with van der Waals surface area (Å²) < 4.78 is 11.0. The van der Waals surface area contributed by atoms with E-state index in [4.69, 9.17) is 9.47 Å². The Kier molecular flexibility index (Phi) is 6.86. The Balaban J connectivity index is 1.90. The van der Waals surface area contributed by atoms with Crippen molar-refractivity contribution in [2.24, 2.45) is 0 Å². The Morgan fingerprint density at radius 3 is 1.00 bits per heavy atom. The van der Waals surface area contributed by atoms with Gasteiger partial charge in [0, 0.05) is 5.92 Å². The van der Waals surface area contributed by atoms with E-state index in [-0.39, 0.29) is 5.92 Å². The highest BCUT2D eigenvalue weighted by molar-refractivity contribution is 5.58. The monoisotopic (exact) mass is 470 g/mol. The number of ether oxygens (including phenoxy) is 2. The Morgan fingerprint density at radius 2 is 0.722 bits per heavy atom. The average Bonchev–Trinajstić information content (AvgIpc) is 2.97. The molecule has 0 bridgehead atoms. The molecule has 5 aromatic rings. The lowest BCUT2D eigenvalue weighted by Gasteiger charge is -2.43. The highest BCUT2D eigenvalue weighted by atomic mass is 16.5. The van der Waals surface area contributed by atoms with Crippen molar-refractivity contribution in [3.63, 3.8) is 0 Å². The van der Waals surface area contributed by atoms with Gasteiger partial charge in [-0.05, 0) is 52.1 Å². The molecule has 0 atom stereocenters. The summed E-state index contributed by atoms with van der Waals surface area (Å²) in [6, 6.07) is 49.5. The van der Waals surface area contributed by atoms with E-state index in [9.17, 15) is 0 Å². The zero-order valence-electron chi connectivity index (χ0n) is 20.7.